The Kier molecular flexibility index (Phi) is 8.92. The van der Waals surface area contributed by atoms with E-state index in [1.54, 1.807) is 19.2 Å². The Morgan fingerprint density at radius 3 is 2.40 bits per heavy atom. The van der Waals surface area contributed by atoms with E-state index in [1.165, 1.54) is 13.0 Å². The third-order valence-corrected chi connectivity index (χ3v) is 2.73. The maximum Gasteiger partial charge on any atom is 0.254 e. The molecule has 1 N–H and O–H groups in total. The van der Waals surface area contributed by atoms with Crippen LogP contribution in [0.15, 0.2) is 40.9 Å². The topological polar surface area (TPSA) is 58.5 Å². The van der Waals surface area contributed by atoms with Gasteiger partial charge >= 0.3 is 0 Å². The SMILES string of the molecule is C=C/C=C(\C)C(/C=C(\C(C)=O)C(=O)NCCCC)=NC. The molecule has 0 aliphatic carbocycles. The summed E-state index contributed by atoms with van der Waals surface area (Å²) in [4.78, 5) is 27.7. The Labute approximate surface area is 121 Å². The number of ketones is 1. The van der Waals surface area contributed by atoms with Gasteiger partial charge in [-0.1, -0.05) is 32.1 Å². The van der Waals surface area contributed by atoms with E-state index in [0.29, 0.717) is 12.3 Å². The van der Waals surface area contributed by atoms with Crippen LogP contribution in [0.5, 0.6) is 0 Å². The fraction of sp³-hybridized carbons (Fsp3) is 0.438. The molecule has 0 spiro atoms. The van der Waals surface area contributed by atoms with Crippen LogP contribution in [-0.2, 0) is 9.59 Å². The summed E-state index contributed by atoms with van der Waals surface area (Å²) in [7, 11) is 1.62. The second kappa shape index (κ2) is 9.89. The fourth-order valence-electron chi connectivity index (χ4n) is 1.55. The van der Waals surface area contributed by atoms with Gasteiger partial charge in [0.2, 0.25) is 0 Å². The molecule has 0 heterocycles. The van der Waals surface area contributed by atoms with Crippen LogP contribution in [0, 0.1) is 0 Å². The highest BCUT2D eigenvalue weighted by molar-refractivity contribution is 6.24. The van der Waals surface area contributed by atoms with Crippen LogP contribution in [0.4, 0.5) is 0 Å². The van der Waals surface area contributed by atoms with Gasteiger partial charge in [-0.15, -0.1) is 0 Å². The monoisotopic (exact) mass is 276 g/mol. The molecule has 20 heavy (non-hydrogen) atoms. The highest BCUT2D eigenvalue weighted by Gasteiger charge is 2.15. The van der Waals surface area contributed by atoms with Gasteiger partial charge in [0.15, 0.2) is 5.78 Å². The van der Waals surface area contributed by atoms with E-state index >= 15 is 0 Å². The first-order valence-corrected chi connectivity index (χ1v) is 6.75. The Morgan fingerprint density at radius 1 is 1.30 bits per heavy atom. The zero-order valence-electron chi connectivity index (χ0n) is 12.8. The van der Waals surface area contributed by atoms with Crippen molar-refractivity contribution in [1.82, 2.24) is 5.32 Å². The number of rotatable bonds is 8. The number of unbranched alkanes of at least 4 members (excludes halogenated alkanes) is 1. The lowest BCUT2D eigenvalue weighted by Crippen LogP contribution is -2.29. The van der Waals surface area contributed by atoms with Gasteiger partial charge in [0.25, 0.3) is 5.91 Å². The Hall–Kier alpha value is -1.97. The van der Waals surface area contributed by atoms with Crippen molar-refractivity contribution >= 4 is 17.4 Å². The van der Waals surface area contributed by atoms with Crippen molar-refractivity contribution in [1.29, 1.82) is 0 Å². The molecule has 0 aliphatic rings. The molecule has 110 valence electrons. The standard InChI is InChI=1S/C16H24N2O2/c1-6-8-10-18-16(20)14(13(4)19)11-15(17-5)12(3)9-7-2/h7,9,11H,2,6,8,10H2,1,3-5H3,(H,18,20)/b12-9+,14-11+,17-15?. The minimum absolute atomic E-state index is 0.124. The second-order valence-electron chi connectivity index (χ2n) is 4.42. The Balaban J connectivity index is 5.21. The second-order valence-corrected chi connectivity index (χ2v) is 4.42. The lowest BCUT2D eigenvalue weighted by atomic mass is 10.1. The van der Waals surface area contributed by atoms with Gasteiger partial charge in [-0.25, -0.2) is 0 Å². The zero-order chi connectivity index (χ0) is 15.5. The number of amides is 1. The van der Waals surface area contributed by atoms with Crippen molar-refractivity contribution in [3.05, 3.63) is 36.0 Å². The van der Waals surface area contributed by atoms with Crippen LogP contribution in [0.25, 0.3) is 0 Å². The van der Waals surface area contributed by atoms with Gasteiger partial charge in [-0.2, -0.15) is 0 Å². The van der Waals surface area contributed by atoms with Crippen molar-refractivity contribution in [2.75, 3.05) is 13.6 Å². The fourth-order valence-corrected chi connectivity index (χ4v) is 1.55. The number of aliphatic imine (C=N–C) groups is 1. The summed E-state index contributed by atoms with van der Waals surface area (Å²) in [5.41, 5.74) is 1.57. The maximum absolute atomic E-state index is 12.0. The molecule has 0 unspecified atom stereocenters. The summed E-state index contributed by atoms with van der Waals surface area (Å²) >= 11 is 0. The number of carbonyl (C=O) groups excluding carboxylic acids is 2. The summed E-state index contributed by atoms with van der Waals surface area (Å²) in [6.07, 6.45) is 6.83. The van der Waals surface area contributed by atoms with Gasteiger partial charge in [0.05, 0.1) is 11.3 Å². The number of hydrogen-bond donors (Lipinski definition) is 1. The molecule has 0 aromatic rings. The average Bonchev–Trinajstić information content (AvgIpc) is 2.39. The van der Waals surface area contributed by atoms with Gasteiger partial charge < -0.3 is 5.32 Å². The molecule has 0 rings (SSSR count). The predicted octanol–water partition coefficient (Wildman–Crippen LogP) is 2.62. The van der Waals surface area contributed by atoms with Gasteiger partial charge in [0, 0.05) is 13.6 Å². The van der Waals surface area contributed by atoms with E-state index in [-0.39, 0.29) is 17.3 Å². The third-order valence-electron chi connectivity index (χ3n) is 2.73. The third kappa shape index (κ3) is 6.27. The molecular weight excluding hydrogens is 252 g/mol. The zero-order valence-corrected chi connectivity index (χ0v) is 12.8. The van der Waals surface area contributed by atoms with E-state index in [1.807, 2.05) is 13.8 Å². The van der Waals surface area contributed by atoms with Crippen LogP contribution >= 0.6 is 0 Å². The Morgan fingerprint density at radius 2 is 1.95 bits per heavy atom. The first-order valence-electron chi connectivity index (χ1n) is 6.75. The van der Waals surface area contributed by atoms with Crippen LogP contribution in [0.2, 0.25) is 0 Å². The quantitative estimate of drug-likeness (QED) is 0.185. The first kappa shape index (κ1) is 18.0. The lowest BCUT2D eigenvalue weighted by molar-refractivity contribution is -0.121. The smallest absolute Gasteiger partial charge is 0.254 e. The minimum Gasteiger partial charge on any atom is -0.352 e. The predicted molar refractivity (Wildman–Crippen MR) is 84.0 cm³/mol. The van der Waals surface area contributed by atoms with Crippen molar-refractivity contribution in [3.63, 3.8) is 0 Å². The van der Waals surface area contributed by atoms with E-state index in [9.17, 15) is 9.59 Å². The molecule has 0 radical (unpaired) electrons. The molecule has 0 atom stereocenters. The maximum atomic E-state index is 12.0. The molecule has 4 heteroatoms. The lowest BCUT2D eigenvalue weighted by Gasteiger charge is -2.07. The van der Waals surface area contributed by atoms with Crippen molar-refractivity contribution in [2.24, 2.45) is 4.99 Å². The number of hydrogen-bond acceptors (Lipinski definition) is 3. The normalized spacial score (nSPS) is 13.1. The van der Waals surface area contributed by atoms with Gasteiger partial charge in [-0.3, -0.25) is 14.6 Å². The van der Waals surface area contributed by atoms with E-state index in [2.05, 4.69) is 16.9 Å². The highest BCUT2D eigenvalue weighted by Crippen LogP contribution is 2.05. The summed E-state index contributed by atoms with van der Waals surface area (Å²) in [6, 6.07) is 0. The molecular formula is C16H24N2O2. The number of nitrogens with one attached hydrogen (secondary N) is 1. The molecule has 0 aromatic heterocycles. The largest absolute Gasteiger partial charge is 0.352 e. The Bertz CT molecular complexity index is 457. The number of Topliss-reactive ketones (excluding diaryl/α,β-unsaturated/α-hetero) is 1. The average molecular weight is 276 g/mol. The molecule has 0 saturated heterocycles. The van der Waals surface area contributed by atoms with Crippen molar-refractivity contribution in [3.8, 4) is 0 Å². The van der Waals surface area contributed by atoms with Crippen molar-refractivity contribution in [2.45, 2.75) is 33.6 Å². The molecule has 0 saturated carbocycles. The number of nitrogens with zero attached hydrogens (tertiary/aromatic N) is 1. The van der Waals surface area contributed by atoms with Crippen LogP contribution < -0.4 is 5.32 Å². The summed E-state index contributed by atoms with van der Waals surface area (Å²) in [5.74, 6) is -0.620. The number of carbonyl (C=O) groups is 2. The molecule has 0 aromatic carbocycles. The number of allylic oxidation sites excluding steroid dienone is 4. The van der Waals surface area contributed by atoms with Crippen molar-refractivity contribution < 1.29 is 9.59 Å². The molecule has 0 bridgehead atoms. The molecule has 0 aliphatic heterocycles. The van der Waals surface area contributed by atoms with E-state index in [0.717, 1.165) is 18.4 Å². The van der Waals surface area contributed by atoms with E-state index in [4.69, 9.17) is 0 Å². The van der Waals surface area contributed by atoms with Crippen LogP contribution in [0.3, 0.4) is 0 Å². The highest BCUT2D eigenvalue weighted by atomic mass is 16.2. The molecule has 4 nitrogen and oxygen atoms in total. The summed E-state index contributed by atoms with van der Waals surface area (Å²) in [5, 5.41) is 2.74. The van der Waals surface area contributed by atoms with Gasteiger partial charge in [0.1, 0.15) is 0 Å². The van der Waals surface area contributed by atoms with Crippen LogP contribution in [-0.4, -0.2) is 31.0 Å². The molecule has 0 fully saturated rings. The molecule has 1 amide bonds. The summed E-state index contributed by atoms with van der Waals surface area (Å²) < 4.78 is 0. The first-order chi connectivity index (χ1) is 9.47. The minimum atomic E-state index is -0.349. The van der Waals surface area contributed by atoms with Crippen LogP contribution in [0.1, 0.15) is 33.6 Å². The van der Waals surface area contributed by atoms with E-state index < -0.39 is 0 Å². The van der Waals surface area contributed by atoms with Gasteiger partial charge in [-0.05, 0) is 31.9 Å². The summed E-state index contributed by atoms with van der Waals surface area (Å²) in [6.45, 7) is 9.46.